The molecule has 0 spiro atoms. The molecule has 0 amide bonds. The van der Waals surface area contributed by atoms with Crippen LogP contribution >= 0.6 is 23.2 Å². The van der Waals surface area contributed by atoms with E-state index in [1.165, 1.54) is 12.1 Å². The molecule has 0 aliphatic heterocycles. The van der Waals surface area contributed by atoms with Crippen molar-refractivity contribution in [2.75, 3.05) is 0 Å². The summed E-state index contributed by atoms with van der Waals surface area (Å²) in [4.78, 5) is 0. The van der Waals surface area contributed by atoms with Crippen molar-refractivity contribution in [2.45, 2.75) is 19.8 Å². The second-order valence-corrected chi connectivity index (χ2v) is 4.31. The molecule has 2 rings (SSSR count). The Kier molecular flexibility index (Phi) is 3.64. The second kappa shape index (κ2) is 5.02. The summed E-state index contributed by atoms with van der Waals surface area (Å²) in [6.07, 6.45) is 1.64. The first-order valence-corrected chi connectivity index (χ1v) is 5.94. The van der Waals surface area contributed by atoms with Crippen molar-refractivity contribution in [1.82, 2.24) is 14.8 Å². The molecular formula is C11H10Cl2FN3. The van der Waals surface area contributed by atoms with E-state index in [0.717, 1.165) is 12.8 Å². The topological polar surface area (TPSA) is 30.7 Å². The number of benzene rings is 1. The maximum absolute atomic E-state index is 13.0. The molecule has 0 saturated carbocycles. The Morgan fingerprint density at radius 1 is 1.29 bits per heavy atom. The fourth-order valence-corrected chi connectivity index (χ4v) is 2.06. The van der Waals surface area contributed by atoms with Crippen LogP contribution in [0.3, 0.4) is 0 Å². The van der Waals surface area contributed by atoms with Crippen LogP contribution in [-0.4, -0.2) is 14.8 Å². The minimum atomic E-state index is -0.389. The molecule has 2 aromatic rings. The van der Waals surface area contributed by atoms with Crippen LogP contribution in [0.1, 0.15) is 19.2 Å². The van der Waals surface area contributed by atoms with Gasteiger partial charge in [-0.25, -0.2) is 4.39 Å². The van der Waals surface area contributed by atoms with Crippen molar-refractivity contribution < 1.29 is 4.39 Å². The first-order chi connectivity index (χ1) is 8.13. The van der Waals surface area contributed by atoms with Gasteiger partial charge in [-0.15, -0.1) is 10.2 Å². The molecule has 90 valence electrons. The Labute approximate surface area is 108 Å². The molecule has 17 heavy (non-hydrogen) atoms. The van der Waals surface area contributed by atoms with Crippen LogP contribution in [0.15, 0.2) is 18.2 Å². The van der Waals surface area contributed by atoms with Gasteiger partial charge in [-0.1, -0.05) is 18.5 Å². The molecule has 0 aliphatic carbocycles. The lowest BCUT2D eigenvalue weighted by molar-refractivity contribution is 0.627. The Morgan fingerprint density at radius 3 is 2.71 bits per heavy atom. The van der Waals surface area contributed by atoms with Crippen molar-refractivity contribution >= 4 is 23.2 Å². The Morgan fingerprint density at radius 2 is 2.06 bits per heavy atom. The molecule has 1 heterocycles. The fourth-order valence-electron chi connectivity index (χ4n) is 1.58. The molecule has 6 heteroatoms. The van der Waals surface area contributed by atoms with E-state index in [9.17, 15) is 4.39 Å². The highest BCUT2D eigenvalue weighted by molar-refractivity contribution is 6.33. The van der Waals surface area contributed by atoms with Crippen molar-refractivity contribution in [3.63, 3.8) is 0 Å². The van der Waals surface area contributed by atoms with Gasteiger partial charge in [0.05, 0.1) is 10.7 Å². The molecule has 0 unspecified atom stereocenters. The minimum absolute atomic E-state index is 0.224. The fraction of sp³-hybridized carbons (Fsp3) is 0.273. The van der Waals surface area contributed by atoms with E-state index in [2.05, 4.69) is 10.2 Å². The highest BCUT2D eigenvalue weighted by atomic mass is 35.5. The van der Waals surface area contributed by atoms with Crippen molar-refractivity contribution in [3.8, 4) is 5.69 Å². The summed E-state index contributed by atoms with van der Waals surface area (Å²) in [6.45, 7) is 2.03. The van der Waals surface area contributed by atoms with Crippen molar-refractivity contribution in [3.05, 3.63) is 40.1 Å². The summed E-state index contributed by atoms with van der Waals surface area (Å²) in [6, 6.07) is 4.13. The van der Waals surface area contributed by atoms with Gasteiger partial charge in [0.15, 0.2) is 0 Å². The smallest absolute Gasteiger partial charge is 0.229 e. The van der Waals surface area contributed by atoms with E-state index >= 15 is 0 Å². The predicted molar refractivity (Wildman–Crippen MR) is 65.3 cm³/mol. The average molecular weight is 274 g/mol. The van der Waals surface area contributed by atoms with Crippen molar-refractivity contribution in [1.29, 1.82) is 0 Å². The number of aromatic nitrogens is 3. The largest absolute Gasteiger partial charge is 0.268 e. The maximum atomic E-state index is 13.0. The van der Waals surface area contributed by atoms with Gasteiger partial charge in [0.2, 0.25) is 5.28 Å². The standard InChI is InChI=1S/C11H10Cl2FN3/c1-2-3-10-15-16-11(13)17(10)9-5-4-7(14)6-8(9)12/h4-6H,2-3H2,1H3. The van der Waals surface area contributed by atoms with E-state index in [0.29, 0.717) is 11.5 Å². The van der Waals surface area contributed by atoms with Gasteiger partial charge in [-0.2, -0.15) is 0 Å². The van der Waals surface area contributed by atoms with Gasteiger partial charge in [0.25, 0.3) is 0 Å². The predicted octanol–water partition coefficient (Wildman–Crippen LogP) is 3.67. The molecule has 0 aliphatic rings. The molecule has 0 fully saturated rings. The van der Waals surface area contributed by atoms with Crippen LogP contribution in [0.5, 0.6) is 0 Å². The number of rotatable bonds is 3. The number of halogens is 3. The first kappa shape index (κ1) is 12.3. The highest BCUT2D eigenvalue weighted by Crippen LogP contribution is 2.25. The average Bonchev–Trinajstić information content (AvgIpc) is 2.62. The quantitative estimate of drug-likeness (QED) is 0.855. The van der Waals surface area contributed by atoms with E-state index in [4.69, 9.17) is 23.2 Å². The molecule has 1 aromatic carbocycles. The number of aryl methyl sites for hydroxylation is 1. The van der Waals surface area contributed by atoms with Crippen LogP contribution in [0.4, 0.5) is 4.39 Å². The monoisotopic (exact) mass is 273 g/mol. The van der Waals surface area contributed by atoms with Crippen LogP contribution in [0.2, 0.25) is 10.3 Å². The highest BCUT2D eigenvalue weighted by Gasteiger charge is 2.14. The van der Waals surface area contributed by atoms with E-state index in [1.54, 1.807) is 10.6 Å². The van der Waals surface area contributed by atoms with Gasteiger partial charge < -0.3 is 0 Å². The summed E-state index contributed by atoms with van der Waals surface area (Å²) < 4.78 is 14.6. The lowest BCUT2D eigenvalue weighted by atomic mass is 10.2. The third-order valence-corrected chi connectivity index (χ3v) is 2.86. The van der Waals surface area contributed by atoms with Crippen LogP contribution < -0.4 is 0 Å². The molecule has 0 saturated heterocycles. The third kappa shape index (κ3) is 2.42. The van der Waals surface area contributed by atoms with Gasteiger partial charge in [-0.3, -0.25) is 4.57 Å². The maximum Gasteiger partial charge on any atom is 0.229 e. The molecular weight excluding hydrogens is 264 g/mol. The van der Waals surface area contributed by atoms with Gasteiger partial charge in [-0.05, 0) is 36.2 Å². The zero-order valence-corrected chi connectivity index (χ0v) is 10.6. The zero-order valence-electron chi connectivity index (χ0n) is 9.12. The molecule has 0 atom stereocenters. The Bertz CT molecular complexity index is 540. The van der Waals surface area contributed by atoms with E-state index in [1.807, 2.05) is 6.92 Å². The normalized spacial score (nSPS) is 10.8. The molecule has 0 radical (unpaired) electrons. The molecule has 1 aromatic heterocycles. The van der Waals surface area contributed by atoms with Crippen LogP contribution in [0.25, 0.3) is 5.69 Å². The molecule has 0 bridgehead atoms. The summed E-state index contributed by atoms with van der Waals surface area (Å²) in [5.41, 5.74) is 0.589. The summed E-state index contributed by atoms with van der Waals surface area (Å²) in [5, 5.41) is 8.28. The molecule has 3 nitrogen and oxygen atoms in total. The lowest BCUT2D eigenvalue weighted by Crippen LogP contribution is -2.02. The van der Waals surface area contributed by atoms with Gasteiger partial charge in [0.1, 0.15) is 11.6 Å². The minimum Gasteiger partial charge on any atom is -0.268 e. The summed E-state index contributed by atoms with van der Waals surface area (Å²) in [5.74, 6) is 0.325. The molecule has 0 N–H and O–H groups in total. The van der Waals surface area contributed by atoms with E-state index in [-0.39, 0.29) is 16.1 Å². The number of nitrogens with zero attached hydrogens (tertiary/aromatic N) is 3. The lowest BCUT2D eigenvalue weighted by Gasteiger charge is -2.09. The summed E-state index contributed by atoms with van der Waals surface area (Å²) in [7, 11) is 0. The Balaban J connectivity index is 2.55. The first-order valence-electron chi connectivity index (χ1n) is 5.18. The Hall–Kier alpha value is -1.13. The van der Waals surface area contributed by atoms with Crippen LogP contribution in [0, 0.1) is 5.82 Å². The van der Waals surface area contributed by atoms with Crippen molar-refractivity contribution in [2.24, 2.45) is 0 Å². The van der Waals surface area contributed by atoms with Gasteiger partial charge in [0, 0.05) is 6.42 Å². The number of hydrogen-bond donors (Lipinski definition) is 0. The van der Waals surface area contributed by atoms with Gasteiger partial charge >= 0.3 is 0 Å². The SMILES string of the molecule is CCCc1nnc(Cl)n1-c1ccc(F)cc1Cl. The summed E-state index contributed by atoms with van der Waals surface area (Å²) >= 11 is 12.0. The third-order valence-electron chi connectivity index (χ3n) is 2.31. The van der Waals surface area contributed by atoms with Crippen LogP contribution in [-0.2, 0) is 6.42 Å². The van der Waals surface area contributed by atoms with E-state index < -0.39 is 0 Å². The number of hydrogen-bond acceptors (Lipinski definition) is 2. The second-order valence-electron chi connectivity index (χ2n) is 3.57. The zero-order chi connectivity index (χ0) is 12.4.